The van der Waals surface area contributed by atoms with Crippen LogP contribution in [0.5, 0.6) is 11.5 Å². The topological polar surface area (TPSA) is 54.9 Å². The number of methoxy groups -OCH3 is 2. The van der Waals surface area contributed by atoms with E-state index in [0.29, 0.717) is 5.92 Å². The summed E-state index contributed by atoms with van der Waals surface area (Å²) >= 11 is 1.82. The molecule has 0 fully saturated rings. The third-order valence-corrected chi connectivity index (χ3v) is 5.02. The highest BCUT2D eigenvalue weighted by Gasteiger charge is 2.07. The van der Waals surface area contributed by atoms with Gasteiger partial charge in [-0.3, -0.25) is 4.99 Å². The predicted molar refractivity (Wildman–Crippen MR) is 110 cm³/mol. The zero-order valence-corrected chi connectivity index (χ0v) is 16.9. The quantitative estimate of drug-likeness (QED) is 0.521. The zero-order chi connectivity index (χ0) is 18.8. The molecule has 0 aliphatic heterocycles. The smallest absolute Gasteiger partial charge is 0.190 e. The molecular formula is C20H29N3O2S. The van der Waals surface area contributed by atoms with Crippen molar-refractivity contribution in [3.8, 4) is 11.5 Å². The Morgan fingerprint density at radius 3 is 2.62 bits per heavy atom. The van der Waals surface area contributed by atoms with Gasteiger partial charge in [-0.05, 0) is 47.9 Å². The van der Waals surface area contributed by atoms with E-state index in [2.05, 4.69) is 46.1 Å². The molecule has 6 heteroatoms. The van der Waals surface area contributed by atoms with Crippen LogP contribution in [-0.2, 0) is 12.8 Å². The van der Waals surface area contributed by atoms with Crippen molar-refractivity contribution in [2.75, 3.05) is 34.4 Å². The Morgan fingerprint density at radius 2 is 1.96 bits per heavy atom. The van der Waals surface area contributed by atoms with Gasteiger partial charge in [-0.25, -0.2) is 0 Å². The van der Waals surface area contributed by atoms with E-state index in [9.17, 15) is 0 Å². The van der Waals surface area contributed by atoms with Crippen molar-refractivity contribution in [2.45, 2.75) is 19.8 Å². The fraction of sp³-hybridized carbons (Fsp3) is 0.450. The molecule has 1 atom stereocenters. The van der Waals surface area contributed by atoms with Crippen LogP contribution in [0.4, 0.5) is 0 Å². The maximum absolute atomic E-state index is 5.35. The van der Waals surface area contributed by atoms with Crippen LogP contribution in [0.15, 0.2) is 40.7 Å². The molecule has 0 bridgehead atoms. The second kappa shape index (κ2) is 10.7. The van der Waals surface area contributed by atoms with E-state index in [1.165, 1.54) is 10.4 Å². The van der Waals surface area contributed by atoms with E-state index >= 15 is 0 Å². The second-order valence-corrected chi connectivity index (χ2v) is 7.24. The Hall–Kier alpha value is -2.21. The van der Waals surface area contributed by atoms with Gasteiger partial charge < -0.3 is 20.1 Å². The molecule has 0 amide bonds. The Balaban J connectivity index is 1.74. The van der Waals surface area contributed by atoms with Gasteiger partial charge in [0.05, 0.1) is 14.2 Å². The number of nitrogens with zero attached hydrogens (tertiary/aromatic N) is 1. The van der Waals surface area contributed by atoms with E-state index < -0.39 is 0 Å². The highest BCUT2D eigenvalue weighted by molar-refractivity contribution is 7.09. The van der Waals surface area contributed by atoms with Crippen LogP contribution in [0.25, 0.3) is 0 Å². The van der Waals surface area contributed by atoms with E-state index in [-0.39, 0.29) is 0 Å². The number of rotatable bonds is 9. The van der Waals surface area contributed by atoms with Crippen molar-refractivity contribution < 1.29 is 9.47 Å². The van der Waals surface area contributed by atoms with Gasteiger partial charge in [0.25, 0.3) is 0 Å². The lowest BCUT2D eigenvalue weighted by Crippen LogP contribution is -2.40. The van der Waals surface area contributed by atoms with Gasteiger partial charge in [0.15, 0.2) is 17.5 Å². The number of hydrogen-bond acceptors (Lipinski definition) is 4. The molecule has 0 spiro atoms. The molecule has 2 rings (SSSR count). The van der Waals surface area contributed by atoms with E-state index in [0.717, 1.165) is 43.4 Å². The summed E-state index contributed by atoms with van der Waals surface area (Å²) in [5, 5.41) is 8.90. The first-order chi connectivity index (χ1) is 12.7. The summed E-state index contributed by atoms with van der Waals surface area (Å²) in [5.74, 6) is 2.90. The second-order valence-electron chi connectivity index (χ2n) is 6.21. The molecule has 0 aliphatic rings. The summed E-state index contributed by atoms with van der Waals surface area (Å²) in [4.78, 5) is 5.73. The fourth-order valence-electron chi connectivity index (χ4n) is 2.70. The Kier molecular flexibility index (Phi) is 8.28. The first-order valence-corrected chi connectivity index (χ1v) is 9.72. The lowest BCUT2D eigenvalue weighted by molar-refractivity contribution is 0.354. The van der Waals surface area contributed by atoms with Crippen molar-refractivity contribution in [1.82, 2.24) is 10.6 Å². The number of aliphatic imine (C=N–C) groups is 1. The summed E-state index contributed by atoms with van der Waals surface area (Å²) in [7, 11) is 5.10. The van der Waals surface area contributed by atoms with Gasteiger partial charge >= 0.3 is 0 Å². The van der Waals surface area contributed by atoms with Crippen LogP contribution >= 0.6 is 11.3 Å². The lowest BCUT2D eigenvalue weighted by Gasteiger charge is -2.16. The van der Waals surface area contributed by atoms with Gasteiger partial charge in [-0.15, -0.1) is 11.3 Å². The Labute approximate surface area is 160 Å². The molecule has 2 aromatic rings. The number of benzene rings is 1. The van der Waals surface area contributed by atoms with Gasteiger partial charge in [0.2, 0.25) is 0 Å². The molecule has 2 N–H and O–H groups in total. The highest BCUT2D eigenvalue weighted by Crippen LogP contribution is 2.27. The van der Waals surface area contributed by atoms with Crippen molar-refractivity contribution in [3.05, 3.63) is 46.2 Å². The summed E-state index contributed by atoms with van der Waals surface area (Å²) < 4.78 is 10.6. The molecule has 0 saturated heterocycles. The molecule has 142 valence electrons. The lowest BCUT2D eigenvalue weighted by atomic mass is 10.1. The minimum atomic E-state index is 0.554. The summed E-state index contributed by atoms with van der Waals surface area (Å²) in [6.45, 7) is 3.95. The minimum Gasteiger partial charge on any atom is -0.493 e. The molecule has 1 heterocycles. The number of nitrogens with one attached hydrogen (secondary N) is 2. The molecule has 5 nitrogen and oxygen atoms in total. The van der Waals surface area contributed by atoms with Crippen molar-refractivity contribution in [3.63, 3.8) is 0 Å². The number of guanidine groups is 1. The molecule has 0 aliphatic carbocycles. The maximum Gasteiger partial charge on any atom is 0.190 e. The molecule has 0 saturated carbocycles. The summed E-state index contributed by atoms with van der Waals surface area (Å²) in [6.07, 6.45) is 1.97. The monoisotopic (exact) mass is 375 g/mol. The van der Waals surface area contributed by atoms with E-state index in [4.69, 9.17) is 9.47 Å². The van der Waals surface area contributed by atoms with Crippen LogP contribution in [0.2, 0.25) is 0 Å². The summed E-state index contributed by atoms with van der Waals surface area (Å²) in [5.41, 5.74) is 1.19. The Morgan fingerprint density at radius 1 is 1.15 bits per heavy atom. The van der Waals surface area contributed by atoms with Gasteiger partial charge in [-0.2, -0.15) is 0 Å². The molecule has 26 heavy (non-hydrogen) atoms. The van der Waals surface area contributed by atoms with Crippen molar-refractivity contribution in [2.24, 2.45) is 10.9 Å². The number of ether oxygens (including phenoxy) is 2. The molecular weight excluding hydrogens is 346 g/mol. The van der Waals surface area contributed by atoms with Crippen LogP contribution in [0.1, 0.15) is 17.4 Å². The van der Waals surface area contributed by atoms with E-state index in [1.54, 1.807) is 21.3 Å². The van der Waals surface area contributed by atoms with Crippen molar-refractivity contribution >= 4 is 17.3 Å². The largest absolute Gasteiger partial charge is 0.493 e. The predicted octanol–water partition coefficient (Wildman–Crippen LogP) is 3.35. The third kappa shape index (κ3) is 6.26. The maximum atomic E-state index is 5.35. The SMILES string of the molecule is CN=C(NCCc1ccc(OC)c(OC)c1)NCC(C)Cc1cccs1. The van der Waals surface area contributed by atoms with Gasteiger partial charge in [-0.1, -0.05) is 19.1 Å². The normalized spacial score (nSPS) is 12.5. The number of thiophene rings is 1. The average molecular weight is 376 g/mol. The summed E-state index contributed by atoms with van der Waals surface area (Å²) in [6, 6.07) is 10.3. The fourth-order valence-corrected chi connectivity index (χ4v) is 3.57. The molecule has 1 aromatic carbocycles. The average Bonchev–Trinajstić information content (AvgIpc) is 3.17. The first-order valence-electron chi connectivity index (χ1n) is 8.84. The van der Waals surface area contributed by atoms with Crippen LogP contribution in [0.3, 0.4) is 0 Å². The van der Waals surface area contributed by atoms with E-state index in [1.807, 2.05) is 23.5 Å². The van der Waals surface area contributed by atoms with Crippen LogP contribution < -0.4 is 20.1 Å². The molecule has 0 radical (unpaired) electrons. The first kappa shape index (κ1) is 20.1. The van der Waals surface area contributed by atoms with Crippen LogP contribution in [-0.4, -0.2) is 40.3 Å². The third-order valence-electron chi connectivity index (χ3n) is 4.13. The zero-order valence-electron chi connectivity index (χ0n) is 16.0. The van der Waals surface area contributed by atoms with Crippen molar-refractivity contribution in [1.29, 1.82) is 0 Å². The van der Waals surface area contributed by atoms with Crippen LogP contribution in [0, 0.1) is 5.92 Å². The standard InChI is InChI=1S/C20H29N3O2S/c1-15(12-17-6-5-11-26-17)14-23-20(21-2)22-10-9-16-7-8-18(24-3)19(13-16)25-4/h5-8,11,13,15H,9-10,12,14H2,1-4H3,(H2,21,22,23). The number of hydrogen-bond donors (Lipinski definition) is 2. The molecule has 1 unspecified atom stereocenters. The Bertz CT molecular complexity index is 686. The highest BCUT2D eigenvalue weighted by atomic mass is 32.1. The van der Waals surface area contributed by atoms with Gasteiger partial charge in [0, 0.05) is 25.0 Å². The molecule has 1 aromatic heterocycles. The minimum absolute atomic E-state index is 0.554. The van der Waals surface area contributed by atoms with Gasteiger partial charge in [0.1, 0.15) is 0 Å².